The number of carboxylic acids is 1. The molecular formula is C13H17ClN2O2. The molecule has 0 atom stereocenters. The average molecular weight is 269 g/mol. The molecule has 1 aliphatic rings. The molecule has 0 unspecified atom stereocenters. The molecule has 1 aliphatic heterocycles. The van der Waals surface area contributed by atoms with Gasteiger partial charge in [-0.3, -0.25) is 0 Å². The summed E-state index contributed by atoms with van der Waals surface area (Å²) in [6.45, 7) is 1.88. The maximum atomic E-state index is 11.0. The second-order valence-electron chi connectivity index (χ2n) is 4.58. The number of halogens is 1. The van der Waals surface area contributed by atoms with Gasteiger partial charge in [-0.15, -0.1) is 0 Å². The van der Waals surface area contributed by atoms with E-state index in [2.05, 4.69) is 9.88 Å². The first-order chi connectivity index (χ1) is 8.68. The molecule has 5 heteroatoms. The van der Waals surface area contributed by atoms with Crippen LogP contribution in [0.2, 0.25) is 5.02 Å². The van der Waals surface area contributed by atoms with Crippen molar-refractivity contribution in [2.45, 2.75) is 32.1 Å². The predicted octanol–water partition coefficient (Wildman–Crippen LogP) is 3.20. The van der Waals surface area contributed by atoms with Crippen LogP contribution in [0.4, 0.5) is 5.82 Å². The second kappa shape index (κ2) is 6.05. The van der Waals surface area contributed by atoms with Crippen molar-refractivity contribution >= 4 is 23.4 Å². The molecule has 0 radical (unpaired) electrons. The minimum atomic E-state index is -1.00. The summed E-state index contributed by atoms with van der Waals surface area (Å²) in [5.74, 6) is -0.283. The van der Waals surface area contributed by atoms with Crippen molar-refractivity contribution in [3.05, 3.63) is 22.8 Å². The minimum Gasteiger partial charge on any atom is -0.478 e. The highest BCUT2D eigenvalue weighted by atomic mass is 35.5. The third kappa shape index (κ3) is 3.13. The molecule has 1 saturated heterocycles. The van der Waals surface area contributed by atoms with Gasteiger partial charge in [-0.1, -0.05) is 30.9 Å². The lowest BCUT2D eigenvalue weighted by molar-refractivity contribution is 0.0697. The number of anilines is 1. The molecule has 1 N–H and O–H groups in total. The lowest BCUT2D eigenvalue weighted by Gasteiger charge is -2.26. The van der Waals surface area contributed by atoms with Gasteiger partial charge in [-0.25, -0.2) is 9.78 Å². The number of hydrogen-bond donors (Lipinski definition) is 1. The zero-order valence-electron chi connectivity index (χ0n) is 10.2. The number of carboxylic acid groups (broad SMARTS) is 1. The van der Waals surface area contributed by atoms with Gasteiger partial charge in [0.25, 0.3) is 0 Å². The number of rotatable bonds is 2. The lowest BCUT2D eigenvalue weighted by atomic mass is 10.1. The molecule has 0 bridgehead atoms. The van der Waals surface area contributed by atoms with E-state index < -0.39 is 5.97 Å². The fraction of sp³-hybridized carbons (Fsp3) is 0.538. The van der Waals surface area contributed by atoms with Crippen LogP contribution >= 0.6 is 11.6 Å². The molecule has 4 nitrogen and oxygen atoms in total. The number of aromatic nitrogens is 1. The van der Waals surface area contributed by atoms with Crippen LogP contribution in [0.15, 0.2) is 12.3 Å². The van der Waals surface area contributed by atoms with E-state index in [1.54, 1.807) is 6.07 Å². The summed E-state index contributed by atoms with van der Waals surface area (Å²) in [4.78, 5) is 17.5. The Bertz CT molecular complexity index is 429. The SMILES string of the molecule is O=C(O)c1cc(N2CCCCCCC2)ncc1Cl. The van der Waals surface area contributed by atoms with Crippen LogP contribution in [-0.4, -0.2) is 29.1 Å². The van der Waals surface area contributed by atoms with Crippen molar-refractivity contribution in [3.8, 4) is 0 Å². The van der Waals surface area contributed by atoms with Gasteiger partial charge >= 0.3 is 5.97 Å². The summed E-state index contributed by atoms with van der Waals surface area (Å²) in [6.07, 6.45) is 7.45. The number of hydrogen-bond acceptors (Lipinski definition) is 3. The van der Waals surface area contributed by atoms with Crippen LogP contribution in [0.5, 0.6) is 0 Å². The fourth-order valence-corrected chi connectivity index (χ4v) is 2.43. The summed E-state index contributed by atoms with van der Waals surface area (Å²) in [5.41, 5.74) is 0.128. The van der Waals surface area contributed by atoms with Crippen LogP contribution in [0.3, 0.4) is 0 Å². The standard InChI is InChI=1S/C13H17ClN2O2/c14-11-9-15-12(8-10(11)13(17)18)16-6-4-2-1-3-5-7-16/h8-9H,1-7H2,(H,17,18). The Balaban J connectivity index is 2.20. The van der Waals surface area contributed by atoms with E-state index in [1.165, 1.54) is 25.5 Å². The van der Waals surface area contributed by atoms with Crippen LogP contribution < -0.4 is 4.90 Å². The molecule has 2 rings (SSSR count). The van der Waals surface area contributed by atoms with Gasteiger partial charge in [0.15, 0.2) is 0 Å². The molecule has 0 spiro atoms. The van der Waals surface area contributed by atoms with E-state index in [-0.39, 0.29) is 10.6 Å². The number of aromatic carboxylic acids is 1. The fourth-order valence-electron chi connectivity index (χ4n) is 2.24. The largest absolute Gasteiger partial charge is 0.478 e. The van der Waals surface area contributed by atoms with Crippen LogP contribution in [-0.2, 0) is 0 Å². The Morgan fingerprint density at radius 3 is 2.44 bits per heavy atom. The third-order valence-electron chi connectivity index (χ3n) is 3.25. The molecule has 0 amide bonds. The zero-order chi connectivity index (χ0) is 13.0. The van der Waals surface area contributed by atoms with E-state index in [0.29, 0.717) is 0 Å². The minimum absolute atomic E-state index is 0.128. The lowest BCUT2D eigenvalue weighted by Crippen LogP contribution is -2.28. The van der Waals surface area contributed by atoms with E-state index >= 15 is 0 Å². The summed E-state index contributed by atoms with van der Waals surface area (Å²) < 4.78 is 0. The average Bonchev–Trinajstić information content (AvgIpc) is 2.29. The van der Waals surface area contributed by atoms with Gasteiger partial charge in [-0.05, 0) is 18.9 Å². The third-order valence-corrected chi connectivity index (χ3v) is 3.55. The first-order valence-corrected chi connectivity index (χ1v) is 6.70. The molecule has 1 fully saturated rings. The Morgan fingerprint density at radius 1 is 1.22 bits per heavy atom. The highest BCUT2D eigenvalue weighted by molar-refractivity contribution is 6.33. The normalized spacial score (nSPS) is 17.1. The van der Waals surface area contributed by atoms with Crippen molar-refractivity contribution in [3.63, 3.8) is 0 Å². The molecule has 0 aliphatic carbocycles. The number of pyridine rings is 1. The summed E-state index contributed by atoms with van der Waals surface area (Å²) in [5, 5.41) is 9.25. The second-order valence-corrected chi connectivity index (χ2v) is 4.99. The monoisotopic (exact) mass is 268 g/mol. The van der Waals surface area contributed by atoms with Gasteiger partial charge in [0.2, 0.25) is 0 Å². The van der Waals surface area contributed by atoms with E-state index in [9.17, 15) is 4.79 Å². The molecule has 1 aromatic heterocycles. The molecule has 18 heavy (non-hydrogen) atoms. The maximum Gasteiger partial charge on any atom is 0.337 e. The van der Waals surface area contributed by atoms with Crippen molar-refractivity contribution in [2.75, 3.05) is 18.0 Å². The Kier molecular flexibility index (Phi) is 4.42. The van der Waals surface area contributed by atoms with Crippen molar-refractivity contribution < 1.29 is 9.90 Å². The molecule has 0 saturated carbocycles. The number of carbonyl (C=O) groups is 1. The van der Waals surface area contributed by atoms with Crippen LogP contribution in [0.1, 0.15) is 42.5 Å². The molecule has 0 aromatic carbocycles. The van der Waals surface area contributed by atoms with Crippen molar-refractivity contribution in [1.29, 1.82) is 0 Å². The van der Waals surface area contributed by atoms with Gasteiger partial charge in [-0.2, -0.15) is 0 Å². The van der Waals surface area contributed by atoms with Crippen LogP contribution in [0, 0.1) is 0 Å². The predicted molar refractivity (Wildman–Crippen MR) is 71.5 cm³/mol. The van der Waals surface area contributed by atoms with E-state index in [1.807, 2.05) is 0 Å². The smallest absolute Gasteiger partial charge is 0.337 e. The highest BCUT2D eigenvalue weighted by Crippen LogP contribution is 2.22. The highest BCUT2D eigenvalue weighted by Gasteiger charge is 2.15. The Morgan fingerprint density at radius 2 is 1.83 bits per heavy atom. The topological polar surface area (TPSA) is 53.4 Å². The quantitative estimate of drug-likeness (QED) is 0.895. The van der Waals surface area contributed by atoms with Crippen LogP contribution in [0.25, 0.3) is 0 Å². The van der Waals surface area contributed by atoms with Crippen molar-refractivity contribution in [1.82, 2.24) is 4.98 Å². The van der Waals surface area contributed by atoms with E-state index in [0.717, 1.165) is 31.7 Å². The Labute approximate surface area is 112 Å². The zero-order valence-corrected chi connectivity index (χ0v) is 11.0. The molecular weight excluding hydrogens is 252 g/mol. The summed E-state index contributed by atoms with van der Waals surface area (Å²) in [6, 6.07) is 1.58. The molecule has 1 aromatic rings. The molecule has 2 heterocycles. The van der Waals surface area contributed by atoms with E-state index in [4.69, 9.17) is 16.7 Å². The molecule has 98 valence electrons. The maximum absolute atomic E-state index is 11.0. The Hall–Kier alpha value is -1.29. The van der Waals surface area contributed by atoms with Gasteiger partial charge in [0.05, 0.1) is 10.6 Å². The van der Waals surface area contributed by atoms with Gasteiger partial charge in [0.1, 0.15) is 5.82 Å². The van der Waals surface area contributed by atoms with Gasteiger partial charge < -0.3 is 10.0 Å². The summed E-state index contributed by atoms with van der Waals surface area (Å²) >= 11 is 5.83. The number of nitrogens with zero attached hydrogens (tertiary/aromatic N) is 2. The van der Waals surface area contributed by atoms with Crippen molar-refractivity contribution in [2.24, 2.45) is 0 Å². The van der Waals surface area contributed by atoms with Gasteiger partial charge in [0, 0.05) is 19.3 Å². The summed E-state index contributed by atoms with van der Waals surface area (Å²) in [7, 11) is 0. The first kappa shape index (κ1) is 13.1. The first-order valence-electron chi connectivity index (χ1n) is 6.32.